The van der Waals surface area contributed by atoms with Crippen molar-refractivity contribution < 1.29 is 14.4 Å². The fraction of sp³-hybridized carbons (Fsp3) is 0.786. The van der Waals surface area contributed by atoms with Gasteiger partial charge in [0.05, 0.1) is 6.04 Å². The summed E-state index contributed by atoms with van der Waals surface area (Å²) >= 11 is 0. The monoisotopic (exact) mass is 317 g/mol. The Morgan fingerprint density at radius 3 is 2.86 bits per heavy atom. The van der Waals surface area contributed by atoms with Crippen LogP contribution in [0.3, 0.4) is 0 Å². The molecule has 1 fully saturated rings. The Morgan fingerprint density at radius 2 is 2.24 bits per heavy atom. The standard InChI is InChI=1S/C14H23N3O3.ClH/c1-10(2)14-15-13(16-20-14)11-6-5-9-17(11)8-4-3-7-12(18)19;/h10-11H,3-9H2,1-2H3,(H,18,19);1H. The topological polar surface area (TPSA) is 79.5 Å². The molecule has 1 aliphatic rings. The smallest absolute Gasteiger partial charge is 0.303 e. The van der Waals surface area contributed by atoms with Gasteiger partial charge in [-0.1, -0.05) is 19.0 Å². The molecule has 2 rings (SSSR count). The Labute approximate surface area is 131 Å². The molecule has 1 aromatic heterocycles. The highest BCUT2D eigenvalue weighted by atomic mass is 35.5. The van der Waals surface area contributed by atoms with Gasteiger partial charge in [-0.25, -0.2) is 0 Å². The van der Waals surface area contributed by atoms with E-state index in [0.29, 0.717) is 5.89 Å². The number of likely N-dealkylation sites (tertiary alicyclic amines) is 1. The molecule has 1 N–H and O–H groups in total. The molecule has 1 saturated heterocycles. The summed E-state index contributed by atoms with van der Waals surface area (Å²) in [4.78, 5) is 17.3. The third-order valence-electron chi connectivity index (χ3n) is 3.70. The first-order valence-corrected chi connectivity index (χ1v) is 7.37. The summed E-state index contributed by atoms with van der Waals surface area (Å²) in [7, 11) is 0. The van der Waals surface area contributed by atoms with E-state index in [1.165, 1.54) is 0 Å². The first-order chi connectivity index (χ1) is 9.58. The molecule has 2 heterocycles. The van der Waals surface area contributed by atoms with Crippen LogP contribution in [0.2, 0.25) is 0 Å². The van der Waals surface area contributed by atoms with Gasteiger partial charge in [0.1, 0.15) is 0 Å². The van der Waals surface area contributed by atoms with Crippen LogP contribution >= 0.6 is 12.4 Å². The lowest BCUT2D eigenvalue weighted by atomic mass is 10.2. The van der Waals surface area contributed by atoms with Gasteiger partial charge in [-0.15, -0.1) is 12.4 Å². The average molecular weight is 318 g/mol. The third-order valence-corrected chi connectivity index (χ3v) is 3.70. The number of hydrogen-bond donors (Lipinski definition) is 1. The highest BCUT2D eigenvalue weighted by molar-refractivity contribution is 5.85. The van der Waals surface area contributed by atoms with E-state index in [9.17, 15) is 4.79 Å². The quantitative estimate of drug-likeness (QED) is 0.779. The molecular weight excluding hydrogens is 294 g/mol. The lowest BCUT2D eigenvalue weighted by Gasteiger charge is -2.21. The van der Waals surface area contributed by atoms with Crippen LogP contribution < -0.4 is 0 Å². The molecule has 0 radical (unpaired) electrons. The predicted molar refractivity (Wildman–Crippen MR) is 80.7 cm³/mol. The van der Waals surface area contributed by atoms with Gasteiger partial charge in [0.2, 0.25) is 5.89 Å². The number of rotatable bonds is 7. The summed E-state index contributed by atoms with van der Waals surface area (Å²) in [5.41, 5.74) is 0. The van der Waals surface area contributed by atoms with E-state index in [-0.39, 0.29) is 30.8 Å². The van der Waals surface area contributed by atoms with Gasteiger partial charge >= 0.3 is 5.97 Å². The Kier molecular flexibility index (Phi) is 7.11. The van der Waals surface area contributed by atoms with E-state index in [2.05, 4.69) is 15.0 Å². The van der Waals surface area contributed by atoms with Crippen LogP contribution in [0.5, 0.6) is 0 Å². The summed E-state index contributed by atoms with van der Waals surface area (Å²) in [5.74, 6) is 1.01. The lowest BCUT2D eigenvalue weighted by Crippen LogP contribution is -2.25. The van der Waals surface area contributed by atoms with E-state index < -0.39 is 5.97 Å². The van der Waals surface area contributed by atoms with Gasteiger partial charge in [0.25, 0.3) is 0 Å². The molecule has 0 saturated carbocycles. The van der Waals surface area contributed by atoms with Gasteiger partial charge in [-0.05, 0) is 38.8 Å². The molecule has 6 nitrogen and oxygen atoms in total. The molecule has 1 atom stereocenters. The van der Waals surface area contributed by atoms with Crippen molar-refractivity contribution in [3.05, 3.63) is 11.7 Å². The van der Waals surface area contributed by atoms with Gasteiger partial charge in [-0.3, -0.25) is 9.69 Å². The summed E-state index contributed by atoms with van der Waals surface area (Å²) in [6.45, 7) is 6.01. The van der Waals surface area contributed by atoms with Crippen molar-refractivity contribution in [3.63, 3.8) is 0 Å². The van der Waals surface area contributed by atoms with Crippen LogP contribution in [-0.4, -0.2) is 39.2 Å². The Bertz CT molecular complexity index is 450. The fourth-order valence-corrected chi connectivity index (χ4v) is 2.59. The predicted octanol–water partition coefficient (Wildman–Crippen LogP) is 3.01. The largest absolute Gasteiger partial charge is 0.481 e. The molecule has 1 unspecified atom stereocenters. The highest BCUT2D eigenvalue weighted by Gasteiger charge is 2.29. The van der Waals surface area contributed by atoms with Crippen LogP contribution in [0.4, 0.5) is 0 Å². The van der Waals surface area contributed by atoms with E-state index in [4.69, 9.17) is 9.63 Å². The number of carboxylic acids is 1. The highest BCUT2D eigenvalue weighted by Crippen LogP contribution is 2.30. The summed E-state index contributed by atoms with van der Waals surface area (Å²) in [6, 6.07) is 0.232. The molecular formula is C14H24ClN3O3. The minimum Gasteiger partial charge on any atom is -0.481 e. The average Bonchev–Trinajstić information content (AvgIpc) is 3.02. The van der Waals surface area contributed by atoms with E-state index >= 15 is 0 Å². The third kappa shape index (κ3) is 4.97. The number of aromatic nitrogens is 2. The maximum absolute atomic E-state index is 10.5. The van der Waals surface area contributed by atoms with Gasteiger partial charge in [0, 0.05) is 12.3 Å². The van der Waals surface area contributed by atoms with Gasteiger partial charge in [-0.2, -0.15) is 4.98 Å². The number of carboxylic acid groups (broad SMARTS) is 1. The second kappa shape index (κ2) is 8.34. The molecule has 1 aliphatic heterocycles. The maximum Gasteiger partial charge on any atom is 0.303 e. The van der Waals surface area contributed by atoms with Crippen LogP contribution in [0, 0.1) is 0 Å². The van der Waals surface area contributed by atoms with Crippen LogP contribution in [0.1, 0.15) is 69.6 Å². The van der Waals surface area contributed by atoms with Crippen molar-refractivity contribution in [1.29, 1.82) is 0 Å². The zero-order valence-electron chi connectivity index (χ0n) is 12.6. The fourth-order valence-electron chi connectivity index (χ4n) is 2.59. The van der Waals surface area contributed by atoms with Crippen LogP contribution in [-0.2, 0) is 4.79 Å². The normalized spacial score (nSPS) is 18.9. The van der Waals surface area contributed by atoms with Crippen molar-refractivity contribution in [2.24, 2.45) is 0 Å². The van der Waals surface area contributed by atoms with Crippen LogP contribution in [0.25, 0.3) is 0 Å². The minimum absolute atomic E-state index is 0. The Morgan fingerprint density at radius 1 is 1.48 bits per heavy atom. The molecule has 0 aliphatic carbocycles. The van der Waals surface area contributed by atoms with Crippen molar-refractivity contribution in [2.75, 3.05) is 13.1 Å². The van der Waals surface area contributed by atoms with Crippen molar-refractivity contribution in [2.45, 2.75) is 57.9 Å². The molecule has 120 valence electrons. The zero-order valence-corrected chi connectivity index (χ0v) is 13.4. The molecule has 0 amide bonds. The molecule has 1 aromatic rings. The maximum atomic E-state index is 10.5. The first kappa shape index (κ1) is 17.9. The number of halogens is 1. The van der Waals surface area contributed by atoms with Crippen molar-refractivity contribution in [3.8, 4) is 0 Å². The van der Waals surface area contributed by atoms with Gasteiger partial charge < -0.3 is 9.63 Å². The number of nitrogens with zero attached hydrogens (tertiary/aromatic N) is 3. The van der Waals surface area contributed by atoms with E-state index in [1.807, 2.05) is 13.8 Å². The van der Waals surface area contributed by atoms with Gasteiger partial charge in [0.15, 0.2) is 5.82 Å². The number of unbranched alkanes of at least 4 members (excludes halogenated alkanes) is 1. The SMILES string of the molecule is CC(C)c1nc(C2CCCN2CCCCC(=O)O)no1.Cl. The Hall–Kier alpha value is -1.14. The summed E-state index contributed by atoms with van der Waals surface area (Å²) < 4.78 is 5.28. The lowest BCUT2D eigenvalue weighted by molar-refractivity contribution is -0.137. The molecule has 21 heavy (non-hydrogen) atoms. The second-order valence-corrected chi connectivity index (χ2v) is 5.69. The summed E-state index contributed by atoms with van der Waals surface area (Å²) in [5, 5.41) is 12.7. The number of aliphatic carboxylic acids is 1. The number of hydrogen-bond acceptors (Lipinski definition) is 5. The Balaban J connectivity index is 0.00000220. The molecule has 0 bridgehead atoms. The van der Waals surface area contributed by atoms with E-state index in [0.717, 1.165) is 44.6 Å². The molecule has 0 aromatic carbocycles. The minimum atomic E-state index is -0.720. The zero-order chi connectivity index (χ0) is 14.5. The second-order valence-electron chi connectivity index (χ2n) is 5.69. The molecule has 0 spiro atoms. The van der Waals surface area contributed by atoms with Crippen molar-refractivity contribution in [1.82, 2.24) is 15.0 Å². The first-order valence-electron chi connectivity index (χ1n) is 7.37. The number of carbonyl (C=O) groups is 1. The summed E-state index contributed by atoms with van der Waals surface area (Å²) in [6.07, 6.45) is 4.06. The van der Waals surface area contributed by atoms with E-state index in [1.54, 1.807) is 0 Å². The van der Waals surface area contributed by atoms with Crippen molar-refractivity contribution >= 4 is 18.4 Å². The molecule has 7 heteroatoms. The van der Waals surface area contributed by atoms with Crippen LogP contribution in [0.15, 0.2) is 4.52 Å².